The summed E-state index contributed by atoms with van der Waals surface area (Å²) >= 11 is 6.00. The van der Waals surface area contributed by atoms with Crippen LogP contribution in [0, 0.1) is 24.0 Å². The summed E-state index contributed by atoms with van der Waals surface area (Å²) in [5, 5.41) is 9.07. The van der Waals surface area contributed by atoms with Gasteiger partial charge in [0.15, 0.2) is 11.6 Å². The number of benzene rings is 3. The Bertz CT molecular complexity index is 1920. The van der Waals surface area contributed by atoms with Crippen molar-refractivity contribution in [2.45, 2.75) is 39.7 Å². The van der Waals surface area contributed by atoms with Gasteiger partial charge in [-0.1, -0.05) is 17.7 Å². The van der Waals surface area contributed by atoms with Gasteiger partial charge in [0.05, 0.1) is 11.7 Å². The smallest absolute Gasteiger partial charge is 0.240 e. The Morgan fingerprint density at radius 2 is 1.59 bits per heavy atom. The molecule has 3 aromatic carbocycles. The number of rotatable bonds is 8. The van der Waals surface area contributed by atoms with E-state index >= 15 is 4.39 Å². The number of carbonyl (C=O) groups is 2. The summed E-state index contributed by atoms with van der Waals surface area (Å²) < 4.78 is 31.8. The lowest BCUT2D eigenvalue weighted by atomic mass is 10.0. The van der Waals surface area contributed by atoms with E-state index < -0.39 is 23.0 Å². The van der Waals surface area contributed by atoms with Gasteiger partial charge >= 0.3 is 0 Å². The Labute approximate surface area is 256 Å². The van der Waals surface area contributed by atoms with Crippen molar-refractivity contribution in [3.05, 3.63) is 89.3 Å². The minimum atomic E-state index is -1.15. The van der Waals surface area contributed by atoms with Gasteiger partial charge in [-0.05, 0) is 88.2 Å². The lowest BCUT2D eigenvalue weighted by Gasteiger charge is -2.16. The number of amides is 2. The highest BCUT2D eigenvalue weighted by molar-refractivity contribution is 6.31. The average Bonchev–Trinajstić information content (AvgIpc) is 3.72. The Hall–Kier alpha value is -4.90. The van der Waals surface area contributed by atoms with Crippen LogP contribution in [0.4, 0.5) is 31.8 Å². The summed E-state index contributed by atoms with van der Waals surface area (Å²) in [6, 6.07) is 16.3. The first-order valence-electron chi connectivity index (χ1n) is 14.0. The molecule has 44 heavy (non-hydrogen) atoms. The summed E-state index contributed by atoms with van der Waals surface area (Å²) in [4.78, 5) is 38.6. The molecule has 0 saturated heterocycles. The third kappa shape index (κ3) is 5.58. The molecule has 0 spiro atoms. The molecule has 0 radical (unpaired) electrons. The molecule has 2 amide bonds. The Morgan fingerprint density at radius 1 is 0.909 bits per heavy atom. The van der Waals surface area contributed by atoms with Crippen LogP contribution in [0.25, 0.3) is 22.3 Å². The lowest BCUT2D eigenvalue weighted by Crippen LogP contribution is -2.35. The van der Waals surface area contributed by atoms with Crippen molar-refractivity contribution in [3.63, 3.8) is 0 Å². The van der Waals surface area contributed by atoms with Gasteiger partial charge in [0.2, 0.25) is 17.8 Å². The zero-order valence-electron chi connectivity index (χ0n) is 24.1. The van der Waals surface area contributed by atoms with Gasteiger partial charge < -0.3 is 20.5 Å². The van der Waals surface area contributed by atoms with Gasteiger partial charge in [-0.3, -0.25) is 9.59 Å². The molecule has 1 aliphatic carbocycles. The molecular weight excluding hydrogens is 588 g/mol. The number of nitrogens with one attached hydrogen (secondary N) is 3. The molecule has 1 saturated carbocycles. The van der Waals surface area contributed by atoms with Crippen molar-refractivity contribution in [1.29, 1.82) is 0 Å². The monoisotopic (exact) mass is 615 g/mol. The van der Waals surface area contributed by atoms with Crippen LogP contribution in [-0.2, 0) is 9.59 Å². The summed E-state index contributed by atoms with van der Waals surface area (Å²) in [7, 11) is 0. The van der Waals surface area contributed by atoms with E-state index in [0.717, 1.165) is 6.20 Å². The second-order valence-electron chi connectivity index (χ2n) is 11.0. The highest BCUT2D eigenvalue weighted by atomic mass is 35.5. The number of halogens is 3. The van der Waals surface area contributed by atoms with Crippen LogP contribution >= 0.6 is 11.6 Å². The van der Waals surface area contributed by atoms with Crippen molar-refractivity contribution in [2.24, 2.45) is 5.41 Å². The first-order chi connectivity index (χ1) is 21.0. The van der Waals surface area contributed by atoms with E-state index in [1.807, 2.05) is 18.4 Å². The highest BCUT2D eigenvalue weighted by Gasteiger charge is 2.56. The fourth-order valence-electron chi connectivity index (χ4n) is 5.20. The number of aryl methyl sites for hydroxylation is 1. The largest absolute Gasteiger partial charge is 0.326 e. The Balaban J connectivity index is 1.16. The van der Waals surface area contributed by atoms with Crippen molar-refractivity contribution in [1.82, 2.24) is 19.5 Å². The maximum absolute atomic E-state index is 15.0. The molecule has 2 heterocycles. The van der Waals surface area contributed by atoms with Crippen LogP contribution in [-0.4, -0.2) is 31.3 Å². The van der Waals surface area contributed by atoms with Crippen LogP contribution in [0.5, 0.6) is 0 Å². The third-order valence-corrected chi connectivity index (χ3v) is 7.79. The van der Waals surface area contributed by atoms with Crippen LogP contribution in [0.1, 0.15) is 38.6 Å². The molecule has 1 aliphatic rings. The van der Waals surface area contributed by atoms with Crippen LogP contribution in [0.2, 0.25) is 5.02 Å². The predicted molar refractivity (Wildman–Crippen MR) is 166 cm³/mol. The molecule has 224 valence electrons. The zero-order chi connectivity index (χ0) is 31.2. The van der Waals surface area contributed by atoms with Crippen LogP contribution in [0.3, 0.4) is 0 Å². The fraction of sp³-hybridized carbons (Fsp3) is 0.219. The fourth-order valence-corrected chi connectivity index (χ4v) is 5.39. The van der Waals surface area contributed by atoms with Gasteiger partial charge in [-0.2, -0.15) is 0 Å². The number of imidazole rings is 1. The number of nitrogens with zero attached hydrogens (tertiary/aromatic N) is 4. The van der Waals surface area contributed by atoms with Crippen LogP contribution in [0.15, 0.2) is 66.9 Å². The number of anilines is 4. The molecule has 6 rings (SSSR count). The second-order valence-corrected chi connectivity index (χ2v) is 11.5. The zero-order valence-corrected chi connectivity index (χ0v) is 24.8. The van der Waals surface area contributed by atoms with Gasteiger partial charge in [0, 0.05) is 33.7 Å². The standard InChI is InChI=1S/C32H28ClF2N7O2/c1-17(2)42-18(3)37-28-24(34)13-19(14-26(28)42)27-25(35)16-36-31(41-27)40-22-9-7-21(8-10-22)38-29(43)32(11-12-32)30(44)39-23-6-4-5-20(33)15-23/h4-10,13-17H,11-12H2,1-3H3,(H,38,43)(H,39,44)(H,36,40,41). The number of hydrogen-bond acceptors (Lipinski definition) is 6. The first-order valence-corrected chi connectivity index (χ1v) is 14.4. The average molecular weight is 616 g/mol. The molecule has 12 heteroatoms. The number of aromatic nitrogens is 4. The van der Waals surface area contributed by atoms with Gasteiger partial charge in [0.1, 0.15) is 22.5 Å². The Morgan fingerprint density at radius 3 is 2.25 bits per heavy atom. The van der Waals surface area contributed by atoms with Crippen molar-refractivity contribution in [3.8, 4) is 11.3 Å². The molecule has 3 N–H and O–H groups in total. The van der Waals surface area contributed by atoms with Crippen molar-refractivity contribution in [2.75, 3.05) is 16.0 Å². The molecule has 0 aliphatic heterocycles. The number of carbonyl (C=O) groups excluding carboxylic acids is 2. The molecule has 1 fully saturated rings. The SMILES string of the molecule is Cc1nc2c(F)cc(-c3nc(Nc4ccc(NC(=O)C5(C(=O)Nc6cccc(Cl)c6)CC5)cc4)ncc3F)cc2n1C(C)C. The van der Waals surface area contributed by atoms with Crippen molar-refractivity contribution >= 4 is 57.5 Å². The normalized spacial score (nSPS) is 13.6. The first kappa shape index (κ1) is 29.2. The van der Waals surface area contributed by atoms with E-state index in [0.29, 0.717) is 46.3 Å². The summed E-state index contributed by atoms with van der Waals surface area (Å²) in [6.07, 6.45) is 1.90. The minimum Gasteiger partial charge on any atom is -0.326 e. The minimum absolute atomic E-state index is 0.0238. The van der Waals surface area contributed by atoms with E-state index in [1.165, 1.54) is 6.07 Å². The number of fused-ring (bicyclic) bond motifs is 1. The summed E-state index contributed by atoms with van der Waals surface area (Å²) in [5.74, 6) is -1.30. The second kappa shape index (κ2) is 11.3. The number of hydrogen-bond donors (Lipinski definition) is 3. The summed E-state index contributed by atoms with van der Waals surface area (Å²) in [5.41, 5.74) is 1.39. The lowest BCUT2D eigenvalue weighted by molar-refractivity contribution is -0.131. The summed E-state index contributed by atoms with van der Waals surface area (Å²) in [6.45, 7) is 5.73. The topological polar surface area (TPSA) is 114 Å². The van der Waals surface area contributed by atoms with Crippen LogP contribution < -0.4 is 16.0 Å². The molecule has 0 unspecified atom stereocenters. The van der Waals surface area contributed by atoms with E-state index in [4.69, 9.17) is 11.6 Å². The molecule has 5 aromatic rings. The predicted octanol–water partition coefficient (Wildman–Crippen LogP) is 7.42. The van der Waals surface area contributed by atoms with E-state index in [1.54, 1.807) is 61.5 Å². The quantitative estimate of drug-likeness (QED) is 0.157. The van der Waals surface area contributed by atoms with Gasteiger partial charge in [0.25, 0.3) is 0 Å². The van der Waals surface area contributed by atoms with E-state index in [9.17, 15) is 14.0 Å². The van der Waals surface area contributed by atoms with Crippen molar-refractivity contribution < 1.29 is 18.4 Å². The molecule has 0 bridgehead atoms. The molecule has 9 nitrogen and oxygen atoms in total. The Kier molecular flexibility index (Phi) is 7.50. The van der Waals surface area contributed by atoms with E-state index in [2.05, 4.69) is 30.9 Å². The maximum atomic E-state index is 15.0. The van der Waals surface area contributed by atoms with Gasteiger partial charge in [-0.15, -0.1) is 0 Å². The maximum Gasteiger partial charge on any atom is 0.240 e. The molecular formula is C32H28ClF2N7O2. The van der Waals surface area contributed by atoms with E-state index in [-0.39, 0.29) is 34.7 Å². The third-order valence-electron chi connectivity index (χ3n) is 7.56. The van der Waals surface area contributed by atoms with Gasteiger partial charge in [-0.25, -0.2) is 23.7 Å². The molecule has 2 aromatic heterocycles. The highest BCUT2D eigenvalue weighted by Crippen LogP contribution is 2.47. The molecule has 0 atom stereocenters.